The Bertz CT molecular complexity index is 873. The predicted molar refractivity (Wildman–Crippen MR) is 95.8 cm³/mol. The Hall–Kier alpha value is -3.22. The standard InChI is InChI=1S/C18H20N6O/c1-13-10-15(22-18(21-13)23(2)3)12-19-17(25)14-6-4-7-16(11-14)24-9-5-8-20-24/h4-11H,12H2,1-3H3,(H,19,25). The summed E-state index contributed by atoms with van der Waals surface area (Å²) in [5, 5.41) is 7.08. The van der Waals surface area contributed by atoms with Gasteiger partial charge in [0.15, 0.2) is 0 Å². The summed E-state index contributed by atoms with van der Waals surface area (Å²) in [4.78, 5) is 23.1. The molecule has 2 aromatic heterocycles. The molecule has 0 aliphatic rings. The summed E-state index contributed by atoms with van der Waals surface area (Å²) in [5.74, 6) is 0.474. The number of benzene rings is 1. The van der Waals surface area contributed by atoms with E-state index in [4.69, 9.17) is 0 Å². The smallest absolute Gasteiger partial charge is 0.251 e. The van der Waals surface area contributed by atoms with Gasteiger partial charge in [0.05, 0.1) is 17.9 Å². The van der Waals surface area contributed by atoms with Gasteiger partial charge < -0.3 is 10.2 Å². The van der Waals surface area contributed by atoms with E-state index in [1.165, 1.54) is 0 Å². The van der Waals surface area contributed by atoms with E-state index in [1.54, 1.807) is 23.0 Å². The third-order valence-corrected chi connectivity index (χ3v) is 3.60. The summed E-state index contributed by atoms with van der Waals surface area (Å²) in [6, 6.07) is 11.0. The number of nitrogens with zero attached hydrogens (tertiary/aromatic N) is 5. The van der Waals surface area contributed by atoms with Gasteiger partial charge in [-0.15, -0.1) is 0 Å². The number of carbonyl (C=O) groups is 1. The van der Waals surface area contributed by atoms with E-state index in [2.05, 4.69) is 20.4 Å². The third kappa shape index (κ3) is 4.00. The Morgan fingerprint density at radius 2 is 2.04 bits per heavy atom. The van der Waals surface area contributed by atoms with Gasteiger partial charge in [-0.3, -0.25) is 4.79 Å². The van der Waals surface area contributed by atoms with Crippen LogP contribution in [0.15, 0.2) is 48.8 Å². The highest BCUT2D eigenvalue weighted by Crippen LogP contribution is 2.11. The van der Waals surface area contributed by atoms with Crippen molar-refractivity contribution < 1.29 is 4.79 Å². The molecule has 3 rings (SSSR count). The number of hydrogen-bond donors (Lipinski definition) is 1. The molecule has 0 unspecified atom stereocenters. The lowest BCUT2D eigenvalue weighted by molar-refractivity contribution is 0.0950. The number of aromatic nitrogens is 4. The van der Waals surface area contributed by atoms with Crippen molar-refractivity contribution in [2.24, 2.45) is 0 Å². The van der Waals surface area contributed by atoms with Crippen LogP contribution in [0.25, 0.3) is 5.69 Å². The van der Waals surface area contributed by atoms with E-state index in [9.17, 15) is 4.79 Å². The van der Waals surface area contributed by atoms with Crippen molar-refractivity contribution in [1.29, 1.82) is 0 Å². The fraction of sp³-hybridized carbons (Fsp3) is 0.222. The summed E-state index contributed by atoms with van der Waals surface area (Å²) >= 11 is 0. The molecule has 0 fully saturated rings. The Morgan fingerprint density at radius 3 is 2.76 bits per heavy atom. The maximum atomic E-state index is 12.4. The van der Waals surface area contributed by atoms with Gasteiger partial charge in [0, 0.05) is 37.7 Å². The Morgan fingerprint density at radius 1 is 1.20 bits per heavy atom. The van der Waals surface area contributed by atoms with Gasteiger partial charge in [0.25, 0.3) is 5.91 Å². The first-order valence-electron chi connectivity index (χ1n) is 7.93. The number of carbonyl (C=O) groups excluding carboxylic acids is 1. The number of nitrogens with one attached hydrogen (secondary N) is 1. The molecule has 0 atom stereocenters. The van der Waals surface area contributed by atoms with Crippen LogP contribution in [0.4, 0.5) is 5.95 Å². The summed E-state index contributed by atoms with van der Waals surface area (Å²) in [6.45, 7) is 2.25. The van der Waals surface area contributed by atoms with Crippen LogP contribution in [-0.4, -0.2) is 39.8 Å². The maximum Gasteiger partial charge on any atom is 0.251 e. The van der Waals surface area contributed by atoms with Crippen molar-refractivity contribution in [3.8, 4) is 5.69 Å². The van der Waals surface area contributed by atoms with Gasteiger partial charge in [0.2, 0.25) is 5.95 Å². The highest BCUT2D eigenvalue weighted by molar-refractivity contribution is 5.94. The minimum atomic E-state index is -0.156. The van der Waals surface area contributed by atoms with Crippen LogP contribution in [0.5, 0.6) is 0 Å². The summed E-state index contributed by atoms with van der Waals surface area (Å²) in [5.41, 5.74) is 3.05. The molecule has 0 saturated carbocycles. The highest BCUT2D eigenvalue weighted by Gasteiger charge is 2.09. The van der Waals surface area contributed by atoms with Gasteiger partial charge in [0.1, 0.15) is 0 Å². The lowest BCUT2D eigenvalue weighted by Gasteiger charge is -2.13. The second kappa shape index (κ2) is 7.12. The van der Waals surface area contributed by atoms with Crippen LogP contribution in [0.3, 0.4) is 0 Å². The van der Waals surface area contributed by atoms with E-state index < -0.39 is 0 Å². The molecule has 1 amide bonds. The lowest BCUT2D eigenvalue weighted by Crippen LogP contribution is -2.24. The van der Waals surface area contributed by atoms with E-state index >= 15 is 0 Å². The largest absolute Gasteiger partial charge is 0.347 e. The minimum Gasteiger partial charge on any atom is -0.347 e. The topological polar surface area (TPSA) is 75.9 Å². The molecule has 0 saturated heterocycles. The predicted octanol–water partition coefficient (Wildman–Crippen LogP) is 1.97. The first kappa shape index (κ1) is 16.6. The highest BCUT2D eigenvalue weighted by atomic mass is 16.1. The van der Waals surface area contributed by atoms with Gasteiger partial charge in [-0.2, -0.15) is 5.10 Å². The molecule has 2 heterocycles. The zero-order valence-corrected chi connectivity index (χ0v) is 14.5. The van der Waals surface area contributed by atoms with Crippen molar-refractivity contribution >= 4 is 11.9 Å². The fourth-order valence-corrected chi connectivity index (χ4v) is 2.39. The van der Waals surface area contributed by atoms with Crippen LogP contribution >= 0.6 is 0 Å². The van der Waals surface area contributed by atoms with Crippen molar-refractivity contribution in [3.63, 3.8) is 0 Å². The maximum absolute atomic E-state index is 12.4. The van der Waals surface area contributed by atoms with Crippen LogP contribution in [0, 0.1) is 6.92 Å². The Balaban J connectivity index is 1.72. The molecule has 25 heavy (non-hydrogen) atoms. The third-order valence-electron chi connectivity index (χ3n) is 3.60. The van der Waals surface area contributed by atoms with Crippen LogP contribution < -0.4 is 10.2 Å². The van der Waals surface area contributed by atoms with E-state index in [-0.39, 0.29) is 5.91 Å². The van der Waals surface area contributed by atoms with Crippen molar-refractivity contribution in [2.75, 3.05) is 19.0 Å². The number of aryl methyl sites for hydroxylation is 1. The number of rotatable bonds is 5. The molecule has 1 aromatic carbocycles. The Kier molecular flexibility index (Phi) is 4.74. The lowest BCUT2D eigenvalue weighted by atomic mass is 10.2. The first-order valence-corrected chi connectivity index (χ1v) is 7.93. The monoisotopic (exact) mass is 336 g/mol. The van der Waals surface area contributed by atoms with Crippen molar-refractivity contribution in [3.05, 3.63) is 65.7 Å². The normalized spacial score (nSPS) is 10.5. The molecule has 128 valence electrons. The van der Waals surface area contributed by atoms with Crippen LogP contribution in [-0.2, 0) is 6.54 Å². The molecular weight excluding hydrogens is 316 g/mol. The van der Waals surface area contributed by atoms with Gasteiger partial charge in [-0.25, -0.2) is 14.6 Å². The van der Waals surface area contributed by atoms with E-state index in [0.717, 1.165) is 17.1 Å². The van der Waals surface area contributed by atoms with Crippen LogP contribution in [0.2, 0.25) is 0 Å². The molecule has 7 heteroatoms. The molecule has 0 aliphatic heterocycles. The van der Waals surface area contributed by atoms with Gasteiger partial charge in [-0.1, -0.05) is 6.07 Å². The average Bonchev–Trinajstić information content (AvgIpc) is 3.14. The second-order valence-corrected chi connectivity index (χ2v) is 5.88. The number of amides is 1. The molecule has 0 aliphatic carbocycles. The minimum absolute atomic E-state index is 0.156. The molecule has 0 radical (unpaired) electrons. The molecule has 0 bridgehead atoms. The van der Waals surface area contributed by atoms with Gasteiger partial charge >= 0.3 is 0 Å². The molecule has 0 spiro atoms. The zero-order chi connectivity index (χ0) is 17.8. The zero-order valence-electron chi connectivity index (χ0n) is 14.5. The fourth-order valence-electron chi connectivity index (χ4n) is 2.39. The summed E-state index contributed by atoms with van der Waals surface area (Å²) in [6.07, 6.45) is 3.54. The van der Waals surface area contributed by atoms with Crippen molar-refractivity contribution in [2.45, 2.75) is 13.5 Å². The summed E-state index contributed by atoms with van der Waals surface area (Å²) in [7, 11) is 3.77. The molecule has 7 nitrogen and oxygen atoms in total. The Labute approximate surface area is 146 Å². The molecule has 3 aromatic rings. The SMILES string of the molecule is Cc1cc(CNC(=O)c2cccc(-n3cccn3)c2)nc(N(C)C)n1. The number of anilines is 1. The van der Waals surface area contributed by atoms with E-state index in [0.29, 0.717) is 18.1 Å². The number of hydrogen-bond acceptors (Lipinski definition) is 5. The molecular formula is C18H20N6O. The summed E-state index contributed by atoms with van der Waals surface area (Å²) < 4.78 is 1.72. The van der Waals surface area contributed by atoms with E-state index in [1.807, 2.05) is 56.4 Å². The average molecular weight is 336 g/mol. The van der Waals surface area contributed by atoms with Crippen molar-refractivity contribution in [1.82, 2.24) is 25.1 Å². The first-order chi connectivity index (χ1) is 12.0. The van der Waals surface area contributed by atoms with Crippen LogP contribution in [0.1, 0.15) is 21.7 Å². The van der Waals surface area contributed by atoms with Gasteiger partial charge in [-0.05, 0) is 37.3 Å². The molecule has 1 N–H and O–H groups in total. The quantitative estimate of drug-likeness (QED) is 0.771. The second-order valence-electron chi connectivity index (χ2n) is 5.88.